The zero-order valence-corrected chi connectivity index (χ0v) is 16.0. The molecule has 0 saturated heterocycles. The zero-order valence-electron chi connectivity index (χ0n) is 16.0. The van der Waals surface area contributed by atoms with E-state index in [2.05, 4.69) is 15.3 Å². The van der Waals surface area contributed by atoms with Gasteiger partial charge in [-0.2, -0.15) is 4.98 Å². The maximum Gasteiger partial charge on any atom is 0.241 e. The summed E-state index contributed by atoms with van der Waals surface area (Å²) in [5.74, 6) is 1.64. The Morgan fingerprint density at radius 3 is 2.23 bits per heavy atom. The van der Waals surface area contributed by atoms with Gasteiger partial charge in [0.2, 0.25) is 11.8 Å². The number of anilines is 1. The normalized spacial score (nSPS) is 11.6. The third-order valence-electron chi connectivity index (χ3n) is 4.21. The van der Waals surface area contributed by atoms with Gasteiger partial charge < -0.3 is 19.5 Å². The molecule has 1 aromatic heterocycles. The number of carbonyl (C=O) groups is 1. The van der Waals surface area contributed by atoms with Crippen molar-refractivity contribution in [3.8, 4) is 28.8 Å². The predicted octanol–water partition coefficient (Wildman–Crippen LogP) is 3.46. The van der Waals surface area contributed by atoms with Crippen LogP contribution in [0.3, 0.4) is 0 Å². The standard InChI is InChI=1S/C19H25N3O4/c1-7-11(2)18(23)21-16-12(3)20-17(22-19(16)26-6)15-13(24-4)9-8-10-14(15)25-5/h8-11H,7H2,1-6H3,(H,21,23). The summed E-state index contributed by atoms with van der Waals surface area (Å²) < 4.78 is 16.3. The van der Waals surface area contributed by atoms with Crippen LogP contribution in [0.1, 0.15) is 26.0 Å². The lowest BCUT2D eigenvalue weighted by atomic mass is 10.1. The second-order valence-corrected chi connectivity index (χ2v) is 5.85. The molecule has 0 aliphatic heterocycles. The first-order valence-corrected chi connectivity index (χ1v) is 8.41. The fourth-order valence-corrected chi connectivity index (χ4v) is 2.45. The number of rotatable bonds is 7. The van der Waals surface area contributed by atoms with E-state index in [9.17, 15) is 4.79 Å². The lowest BCUT2D eigenvalue weighted by molar-refractivity contribution is -0.119. The third kappa shape index (κ3) is 3.87. The second kappa shape index (κ2) is 8.51. The number of hydrogen-bond donors (Lipinski definition) is 1. The number of hydrogen-bond acceptors (Lipinski definition) is 6. The van der Waals surface area contributed by atoms with Crippen LogP contribution in [0.15, 0.2) is 18.2 Å². The van der Waals surface area contributed by atoms with Gasteiger partial charge in [0.1, 0.15) is 22.7 Å². The monoisotopic (exact) mass is 359 g/mol. The molecule has 1 atom stereocenters. The largest absolute Gasteiger partial charge is 0.496 e. The molecule has 140 valence electrons. The summed E-state index contributed by atoms with van der Waals surface area (Å²) >= 11 is 0. The van der Waals surface area contributed by atoms with Crippen molar-refractivity contribution in [3.05, 3.63) is 23.9 Å². The second-order valence-electron chi connectivity index (χ2n) is 5.85. The van der Waals surface area contributed by atoms with Crippen LogP contribution < -0.4 is 19.5 Å². The molecule has 1 heterocycles. The molecule has 26 heavy (non-hydrogen) atoms. The highest BCUT2D eigenvalue weighted by molar-refractivity contribution is 5.94. The number of nitrogens with one attached hydrogen (secondary N) is 1. The van der Waals surface area contributed by atoms with Gasteiger partial charge in [0.05, 0.1) is 27.0 Å². The van der Waals surface area contributed by atoms with Gasteiger partial charge in [0.15, 0.2) is 5.82 Å². The molecule has 2 aromatic rings. The summed E-state index contributed by atoms with van der Waals surface area (Å²) in [5, 5.41) is 2.86. The van der Waals surface area contributed by atoms with E-state index in [0.717, 1.165) is 6.42 Å². The van der Waals surface area contributed by atoms with Gasteiger partial charge in [-0.05, 0) is 25.5 Å². The Hall–Kier alpha value is -2.83. The number of benzene rings is 1. The topological polar surface area (TPSA) is 82.6 Å². The molecule has 2 rings (SSSR count). The van der Waals surface area contributed by atoms with Crippen LogP contribution in [0.2, 0.25) is 0 Å². The first-order chi connectivity index (χ1) is 12.5. The smallest absolute Gasteiger partial charge is 0.241 e. The van der Waals surface area contributed by atoms with Crippen LogP contribution in [-0.4, -0.2) is 37.2 Å². The van der Waals surface area contributed by atoms with Crippen molar-refractivity contribution in [2.75, 3.05) is 26.6 Å². The van der Waals surface area contributed by atoms with Gasteiger partial charge in [0.25, 0.3) is 0 Å². The van der Waals surface area contributed by atoms with Crippen LogP contribution in [0.5, 0.6) is 17.4 Å². The number of ether oxygens (including phenoxy) is 3. The van der Waals surface area contributed by atoms with Crippen molar-refractivity contribution < 1.29 is 19.0 Å². The van der Waals surface area contributed by atoms with E-state index in [1.165, 1.54) is 7.11 Å². The summed E-state index contributed by atoms with van der Waals surface area (Å²) in [7, 11) is 4.65. The predicted molar refractivity (Wildman–Crippen MR) is 99.9 cm³/mol. The number of aromatic nitrogens is 2. The van der Waals surface area contributed by atoms with E-state index in [1.807, 2.05) is 32.0 Å². The molecule has 1 aromatic carbocycles. The Kier molecular flexibility index (Phi) is 6.38. The van der Waals surface area contributed by atoms with Crippen molar-refractivity contribution in [2.24, 2.45) is 5.92 Å². The number of nitrogens with zero attached hydrogens (tertiary/aromatic N) is 2. The molecule has 0 spiro atoms. The Morgan fingerprint density at radius 1 is 1.12 bits per heavy atom. The quantitative estimate of drug-likeness (QED) is 0.815. The first-order valence-electron chi connectivity index (χ1n) is 8.41. The Labute approximate surface area is 153 Å². The minimum Gasteiger partial charge on any atom is -0.496 e. The van der Waals surface area contributed by atoms with E-state index >= 15 is 0 Å². The summed E-state index contributed by atoms with van der Waals surface area (Å²) in [6.45, 7) is 5.62. The molecule has 1 N–H and O–H groups in total. The molecule has 0 saturated carbocycles. The maximum absolute atomic E-state index is 12.3. The SMILES string of the molecule is CCC(C)C(=O)Nc1c(C)nc(-c2c(OC)cccc2OC)nc1OC. The van der Waals surface area contributed by atoms with Gasteiger partial charge in [-0.1, -0.05) is 19.9 Å². The van der Waals surface area contributed by atoms with Gasteiger partial charge in [-0.15, -0.1) is 0 Å². The molecule has 0 bridgehead atoms. The minimum absolute atomic E-state index is 0.0971. The van der Waals surface area contributed by atoms with Crippen LogP contribution in [0.25, 0.3) is 11.4 Å². The number of amides is 1. The number of aryl methyl sites for hydroxylation is 1. The minimum atomic E-state index is -0.118. The highest BCUT2D eigenvalue weighted by Crippen LogP contribution is 2.38. The van der Waals surface area contributed by atoms with E-state index in [-0.39, 0.29) is 17.7 Å². The van der Waals surface area contributed by atoms with Crippen molar-refractivity contribution in [2.45, 2.75) is 27.2 Å². The number of carbonyl (C=O) groups excluding carboxylic acids is 1. The molecule has 0 fully saturated rings. The van der Waals surface area contributed by atoms with Gasteiger partial charge in [0, 0.05) is 5.92 Å². The van der Waals surface area contributed by atoms with E-state index in [0.29, 0.717) is 34.3 Å². The summed E-state index contributed by atoms with van der Waals surface area (Å²) in [6, 6.07) is 5.44. The molecular weight excluding hydrogens is 334 g/mol. The van der Waals surface area contributed by atoms with E-state index in [1.54, 1.807) is 21.1 Å². The van der Waals surface area contributed by atoms with Gasteiger partial charge in [-0.3, -0.25) is 4.79 Å². The molecule has 7 heteroatoms. The Balaban J connectivity index is 2.55. The molecular formula is C19H25N3O4. The molecule has 0 radical (unpaired) electrons. The molecule has 0 aliphatic carbocycles. The van der Waals surface area contributed by atoms with Crippen molar-refractivity contribution in [1.29, 1.82) is 0 Å². The van der Waals surface area contributed by atoms with Crippen molar-refractivity contribution in [3.63, 3.8) is 0 Å². The Bertz CT molecular complexity index is 770. The third-order valence-corrected chi connectivity index (χ3v) is 4.21. The Morgan fingerprint density at radius 2 is 1.73 bits per heavy atom. The zero-order chi connectivity index (χ0) is 19.3. The molecule has 1 unspecified atom stereocenters. The first kappa shape index (κ1) is 19.5. The molecule has 1 amide bonds. The van der Waals surface area contributed by atoms with Crippen LogP contribution in [0.4, 0.5) is 5.69 Å². The van der Waals surface area contributed by atoms with Crippen LogP contribution in [0, 0.1) is 12.8 Å². The summed E-state index contributed by atoms with van der Waals surface area (Å²) in [5.41, 5.74) is 1.69. The average molecular weight is 359 g/mol. The van der Waals surface area contributed by atoms with E-state index in [4.69, 9.17) is 14.2 Å². The fraction of sp³-hybridized carbons (Fsp3) is 0.421. The fourth-order valence-electron chi connectivity index (χ4n) is 2.45. The molecule has 7 nitrogen and oxygen atoms in total. The highest BCUT2D eigenvalue weighted by Gasteiger charge is 2.21. The lowest BCUT2D eigenvalue weighted by Crippen LogP contribution is -2.21. The van der Waals surface area contributed by atoms with Crippen LogP contribution >= 0.6 is 0 Å². The summed E-state index contributed by atoms with van der Waals surface area (Å²) in [6.07, 6.45) is 0.741. The van der Waals surface area contributed by atoms with Crippen molar-refractivity contribution in [1.82, 2.24) is 9.97 Å². The lowest BCUT2D eigenvalue weighted by Gasteiger charge is -2.17. The number of methoxy groups -OCH3 is 3. The summed E-state index contributed by atoms with van der Waals surface area (Å²) in [4.78, 5) is 21.3. The van der Waals surface area contributed by atoms with Gasteiger partial charge >= 0.3 is 0 Å². The average Bonchev–Trinajstić information content (AvgIpc) is 2.67. The molecule has 0 aliphatic rings. The van der Waals surface area contributed by atoms with Crippen LogP contribution in [-0.2, 0) is 4.79 Å². The maximum atomic E-state index is 12.3. The highest BCUT2D eigenvalue weighted by atomic mass is 16.5. The van der Waals surface area contributed by atoms with E-state index < -0.39 is 0 Å². The van der Waals surface area contributed by atoms with Gasteiger partial charge in [-0.25, -0.2) is 4.98 Å². The van der Waals surface area contributed by atoms with Crippen molar-refractivity contribution >= 4 is 11.6 Å².